The standard InChI is InChI=1S/C23H25F3N2O/c1-3-4-13-27-22(29)14-18(16-9-5-7-11-20(16)23(24,25)26)19-15-28(2)21-12-8-6-10-17(19)21/h5-12,15,18H,3-4,13-14H2,1-2H3,(H,27,29). The van der Waals surface area contributed by atoms with Gasteiger partial charge in [-0.1, -0.05) is 49.7 Å². The van der Waals surface area contributed by atoms with Gasteiger partial charge in [-0.2, -0.15) is 13.2 Å². The van der Waals surface area contributed by atoms with E-state index in [1.165, 1.54) is 12.1 Å². The maximum absolute atomic E-state index is 13.7. The summed E-state index contributed by atoms with van der Waals surface area (Å²) in [5.41, 5.74) is 1.08. The van der Waals surface area contributed by atoms with Crippen LogP contribution in [0.1, 0.15) is 48.8 Å². The third-order valence-electron chi connectivity index (χ3n) is 5.19. The summed E-state index contributed by atoms with van der Waals surface area (Å²) < 4.78 is 43.1. The number of fused-ring (bicyclic) bond motifs is 1. The first-order valence-electron chi connectivity index (χ1n) is 9.79. The van der Waals surface area contributed by atoms with Crippen LogP contribution in [-0.2, 0) is 18.0 Å². The summed E-state index contributed by atoms with van der Waals surface area (Å²) in [5.74, 6) is -0.936. The van der Waals surface area contributed by atoms with Gasteiger partial charge in [-0.25, -0.2) is 0 Å². The maximum Gasteiger partial charge on any atom is 0.416 e. The maximum atomic E-state index is 13.7. The van der Waals surface area contributed by atoms with Crippen molar-refractivity contribution in [1.29, 1.82) is 0 Å². The van der Waals surface area contributed by atoms with E-state index in [-0.39, 0.29) is 17.9 Å². The Morgan fingerprint density at radius 2 is 1.76 bits per heavy atom. The minimum atomic E-state index is -4.49. The lowest BCUT2D eigenvalue weighted by Crippen LogP contribution is -2.27. The number of rotatable bonds is 7. The molecule has 3 aromatic rings. The van der Waals surface area contributed by atoms with Crippen molar-refractivity contribution in [2.45, 2.75) is 38.3 Å². The number of para-hydroxylation sites is 1. The number of halogens is 3. The smallest absolute Gasteiger partial charge is 0.356 e. The van der Waals surface area contributed by atoms with Crippen LogP contribution in [-0.4, -0.2) is 17.0 Å². The second-order valence-corrected chi connectivity index (χ2v) is 7.26. The summed E-state index contributed by atoms with van der Waals surface area (Å²) in [7, 11) is 1.86. The van der Waals surface area contributed by atoms with Gasteiger partial charge in [-0.15, -0.1) is 0 Å². The van der Waals surface area contributed by atoms with Crippen molar-refractivity contribution in [3.63, 3.8) is 0 Å². The highest BCUT2D eigenvalue weighted by Gasteiger charge is 2.36. The number of nitrogens with zero attached hydrogens (tertiary/aromatic N) is 1. The molecule has 0 aliphatic rings. The van der Waals surface area contributed by atoms with Crippen molar-refractivity contribution in [3.05, 3.63) is 71.4 Å². The molecular weight excluding hydrogens is 377 g/mol. The summed E-state index contributed by atoms with van der Waals surface area (Å²) in [4.78, 5) is 12.6. The third kappa shape index (κ3) is 4.63. The zero-order valence-electron chi connectivity index (χ0n) is 16.6. The van der Waals surface area contributed by atoms with Gasteiger partial charge in [-0.3, -0.25) is 4.79 Å². The largest absolute Gasteiger partial charge is 0.416 e. The Hall–Kier alpha value is -2.76. The summed E-state index contributed by atoms with van der Waals surface area (Å²) in [6.45, 7) is 2.54. The Labute approximate surface area is 168 Å². The molecule has 2 aromatic carbocycles. The molecule has 29 heavy (non-hydrogen) atoms. The highest BCUT2D eigenvalue weighted by atomic mass is 19.4. The highest BCUT2D eigenvalue weighted by Crippen LogP contribution is 2.41. The molecule has 6 heteroatoms. The van der Waals surface area contributed by atoms with Gasteiger partial charge < -0.3 is 9.88 Å². The molecule has 1 heterocycles. The predicted molar refractivity (Wildman–Crippen MR) is 109 cm³/mol. The molecule has 1 unspecified atom stereocenters. The molecule has 1 N–H and O–H groups in total. The Balaban J connectivity index is 2.09. The quantitative estimate of drug-likeness (QED) is 0.510. The Morgan fingerprint density at radius 1 is 1.07 bits per heavy atom. The van der Waals surface area contributed by atoms with Crippen molar-refractivity contribution in [2.75, 3.05) is 6.54 Å². The number of aromatic nitrogens is 1. The molecule has 0 aliphatic heterocycles. The molecule has 1 aromatic heterocycles. The zero-order chi connectivity index (χ0) is 21.0. The van der Waals surface area contributed by atoms with Crippen LogP contribution in [0.2, 0.25) is 0 Å². The van der Waals surface area contributed by atoms with Gasteiger partial charge in [0.2, 0.25) is 5.91 Å². The molecule has 0 saturated carbocycles. The van der Waals surface area contributed by atoms with Crippen LogP contribution < -0.4 is 5.32 Å². The number of aryl methyl sites for hydroxylation is 1. The number of hydrogen-bond acceptors (Lipinski definition) is 1. The van der Waals surface area contributed by atoms with Gasteiger partial charge in [0.15, 0.2) is 0 Å². The molecule has 0 aliphatic carbocycles. The first-order chi connectivity index (χ1) is 13.8. The normalized spacial score (nSPS) is 12.9. The van der Waals surface area contributed by atoms with Crippen LogP contribution in [0.15, 0.2) is 54.7 Å². The van der Waals surface area contributed by atoms with E-state index in [2.05, 4.69) is 5.32 Å². The Bertz CT molecular complexity index is 991. The van der Waals surface area contributed by atoms with Gasteiger partial charge >= 0.3 is 6.18 Å². The number of carbonyl (C=O) groups is 1. The van der Waals surface area contributed by atoms with Gasteiger partial charge in [0, 0.05) is 43.0 Å². The van der Waals surface area contributed by atoms with Crippen molar-refractivity contribution >= 4 is 16.8 Å². The number of carbonyl (C=O) groups excluding carboxylic acids is 1. The molecular formula is C23H25F3N2O. The fraction of sp³-hybridized carbons (Fsp3) is 0.348. The minimum Gasteiger partial charge on any atom is -0.356 e. The number of alkyl halides is 3. The van der Waals surface area contributed by atoms with Gasteiger partial charge in [0.1, 0.15) is 0 Å². The lowest BCUT2D eigenvalue weighted by molar-refractivity contribution is -0.138. The molecule has 0 saturated heterocycles. The van der Waals surface area contributed by atoms with Crippen LogP contribution >= 0.6 is 0 Å². The SMILES string of the molecule is CCCCNC(=O)CC(c1ccccc1C(F)(F)F)c1cn(C)c2ccccc12. The van der Waals surface area contributed by atoms with Crippen molar-refractivity contribution in [3.8, 4) is 0 Å². The van der Waals surface area contributed by atoms with Crippen LogP contribution in [0, 0.1) is 0 Å². The van der Waals surface area contributed by atoms with Crippen LogP contribution in [0.3, 0.4) is 0 Å². The summed E-state index contributed by atoms with van der Waals surface area (Å²) in [5, 5.41) is 3.70. The number of hydrogen-bond donors (Lipinski definition) is 1. The first-order valence-corrected chi connectivity index (χ1v) is 9.79. The van der Waals surface area contributed by atoms with Gasteiger partial charge in [-0.05, 0) is 29.7 Å². The average Bonchev–Trinajstić information content (AvgIpc) is 3.02. The zero-order valence-corrected chi connectivity index (χ0v) is 16.6. The van der Waals surface area contributed by atoms with Crippen LogP contribution in [0.5, 0.6) is 0 Å². The number of unbranched alkanes of at least 4 members (excludes halogenated alkanes) is 1. The highest BCUT2D eigenvalue weighted by molar-refractivity contribution is 5.86. The first kappa shape index (κ1) is 21.0. The molecule has 3 rings (SSSR count). The van der Waals surface area contributed by atoms with Crippen molar-refractivity contribution < 1.29 is 18.0 Å². The molecule has 0 fully saturated rings. The van der Waals surface area contributed by atoms with E-state index in [0.29, 0.717) is 6.54 Å². The van der Waals surface area contributed by atoms with E-state index in [0.717, 1.165) is 35.4 Å². The molecule has 1 amide bonds. The fourth-order valence-electron chi connectivity index (χ4n) is 3.76. The molecule has 0 bridgehead atoms. The lowest BCUT2D eigenvalue weighted by Gasteiger charge is -2.21. The fourth-order valence-corrected chi connectivity index (χ4v) is 3.76. The van der Waals surface area contributed by atoms with E-state index in [1.54, 1.807) is 6.07 Å². The average molecular weight is 402 g/mol. The van der Waals surface area contributed by atoms with Crippen molar-refractivity contribution in [1.82, 2.24) is 9.88 Å². The van der Waals surface area contributed by atoms with Gasteiger partial charge in [0.05, 0.1) is 5.56 Å². The van der Waals surface area contributed by atoms with E-state index < -0.39 is 17.7 Å². The molecule has 3 nitrogen and oxygen atoms in total. The Kier molecular flexibility index (Phi) is 6.30. The summed E-state index contributed by atoms with van der Waals surface area (Å²) in [6, 6.07) is 13.1. The van der Waals surface area contributed by atoms with Crippen LogP contribution in [0.25, 0.3) is 10.9 Å². The molecule has 1 atom stereocenters. The minimum absolute atomic E-state index is 0.0369. The Morgan fingerprint density at radius 3 is 2.48 bits per heavy atom. The third-order valence-corrected chi connectivity index (χ3v) is 5.19. The second-order valence-electron chi connectivity index (χ2n) is 7.26. The number of amides is 1. The summed E-state index contributed by atoms with van der Waals surface area (Å²) in [6.07, 6.45) is -0.918. The summed E-state index contributed by atoms with van der Waals surface area (Å²) >= 11 is 0. The van der Waals surface area contributed by atoms with Gasteiger partial charge in [0.25, 0.3) is 0 Å². The topological polar surface area (TPSA) is 34.0 Å². The number of nitrogens with one attached hydrogen (secondary N) is 1. The van der Waals surface area contributed by atoms with Crippen molar-refractivity contribution in [2.24, 2.45) is 7.05 Å². The molecule has 0 spiro atoms. The van der Waals surface area contributed by atoms with E-state index >= 15 is 0 Å². The predicted octanol–water partition coefficient (Wildman–Crippen LogP) is 5.64. The van der Waals surface area contributed by atoms with E-state index in [4.69, 9.17) is 0 Å². The van der Waals surface area contributed by atoms with E-state index in [1.807, 2.05) is 49.0 Å². The lowest BCUT2D eigenvalue weighted by atomic mass is 9.85. The second kappa shape index (κ2) is 8.72. The molecule has 154 valence electrons. The monoisotopic (exact) mass is 402 g/mol. The van der Waals surface area contributed by atoms with Crippen LogP contribution in [0.4, 0.5) is 13.2 Å². The number of benzene rings is 2. The molecule has 0 radical (unpaired) electrons. The van der Waals surface area contributed by atoms with E-state index in [9.17, 15) is 18.0 Å².